The Morgan fingerprint density at radius 2 is 1.77 bits per heavy atom. The number of amides is 4. The molecule has 0 aromatic heterocycles. The van der Waals surface area contributed by atoms with Crippen LogP contribution in [0.15, 0.2) is 30.3 Å². The van der Waals surface area contributed by atoms with Crippen molar-refractivity contribution in [3.63, 3.8) is 0 Å². The Bertz CT molecular complexity index is 863. The van der Waals surface area contributed by atoms with Crippen LogP contribution >= 0.6 is 0 Å². The molecule has 1 aromatic rings. The fraction of sp³-hybridized carbons (Fsp3) is 0.565. The Balaban J connectivity index is 1.37. The molecule has 4 rings (SSSR count). The van der Waals surface area contributed by atoms with Gasteiger partial charge in [-0.2, -0.15) is 0 Å². The first-order valence-corrected chi connectivity index (χ1v) is 11.1. The summed E-state index contributed by atoms with van der Waals surface area (Å²) in [6.45, 7) is 0.782. The van der Waals surface area contributed by atoms with E-state index in [1.165, 1.54) is 0 Å². The molecule has 1 aliphatic heterocycles. The number of urea groups is 1. The van der Waals surface area contributed by atoms with Gasteiger partial charge in [0.2, 0.25) is 0 Å². The largest absolute Gasteiger partial charge is 0.454 e. The number of nitrogens with one attached hydrogen (secondary N) is 1. The Labute approximate surface area is 181 Å². The number of hydrogen-bond donors (Lipinski definition) is 1. The maximum absolute atomic E-state index is 13.0. The van der Waals surface area contributed by atoms with Crippen molar-refractivity contribution in [3.8, 4) is 0 Å². The summed E-state index contributed by atoms with van der Waals surface area (Å²) in [5.41, 5.74) is -0.164. The number of esters is 1. The highest BCUT2D eigenvalue weighted by Crippen LogP contribution is 2.42. The number of benzene rings is 1. The summed E-state index contributed by atoms with van der Waals surface area (Å²) < 4.78 is 5.20. The van der Waals surface area contributed by atoms with Crippen LogP contribution in [0.25, 0.3) is 0 Å². The highest BCUT2D eigenvalue weighted by atomic mass is 16.5. The molecule has 3 aliphatic rings. The molecule has 2 saturated carbocycles. The van der Waals surface area contributed by atoms with Crippen LogP contribution in [-0.4, -0.2) is 53.4 Å². The Morgan fingerprint density at radius 3 is 2.42 bits per heavy atom. The van der Waals surface area contributed by atoms with Gasteiger partial charge in [0.05, 0.1) is 0 Å². The maximum atomic E-state index is 13.0. The summed E-state index contributed by atoms with van der Waals surface area (Å²) in [6, 6.07) is 8.88. The van der Waals surface area contributed by atoms with Crippen LogP contribution in [0.3, 0.4) is 0 Å². The van der Waals surface area contributed by atoms with Crippen molar-refractivity contribution in [3.05, 3.63) is 30.3 Å². The molecule has 4 amide bonds. The summed E-state index contributed by atoms with van der Waals surface area (Å²) in [5.74, 6) is -1.36. The van der Waals surface area contributed by atoms with Crippen molar-refractivity contribution in [2.24, 2.45) is 5.92 Å². The van der Waals surface area contributed by atoms with Crippen LogP contribution in [0.4, 0.5) is 10.5 Å². The molecule has 0 unspecified atom stereocenters. The highest BCUT2D eigenvalue weighted by molar-refractivity contribution is 6.09. The van der Waals surface area contributed by atoms with Crippen LogP contribution in [0.2, 0.25) is 0 Å². The monoisotopic (exact) mass is 427 g/mol. The van der Waals surface area contributed by atoms with Crippen molar-refractivity contribution in [2.45, 2.75) is 63.5 Å². The van der Waals surface area contributed by atoms with E-state index >= 15 is 0 Å². The van der Waals surface area contributed by atoms with E-state index in [0.29, 0.717) is 0 Å². The molecule has 1 saturated heterocycles. The Hall–Kier alpha value is -2.90. The highest BCUT2D eigenvalue weighted by Gasteiger charge is 2.56. The molecule has 1 aromatic carbocycles. The third-order valence-corrected chi connectivity index (χ3v) is 6.58. The number of ether oxygens (including phenoxy) is 1. The van der Waals surface area contributed by atoms with Crippen LogP contribution < -0.4 is 10.2 Å². The number of hydrogen-bond acceptors (Lipinski definition) is 5. The van der Waals surface area contributed by atoms with Gasteiger partial charge in [0, 0.05) is 11.7 Å². The molecule has 1 heterocycles. The first-order valence-electron chi connectivity index (χ1n) is 11.1. The van der Waals surface area contributed by atoms with Crippen molar-refractivity contribution >= 4 is 29.5 Å². The van der Waals surface area contributed by atoms with Gasteiger partial charge < -0.3 is 15.0 Å². The molecule has 166 valence electrons. The molecule has 0 bridgehead atoms. The SMILES string of the molecule is C[C@]1(C2CC2)NC(=O)N(CC(=O)OCC(=O)N(c2ccccc2)C2CCCCC2)C1=O. The van der Waals surface area contributed by atoms with E-state index in [-0.39, 0.29) is 17.9 Å². The van der Waals surface area contributed by atoms with Crippen LogP contribution in [0, 0.1) is 5.92 Å². The standard InChI is InChI=1S/C23H29N3O5/c1-23(16-12-13-16)21(29)25(22(30)24-23)14-20(28)31-15-19(27)26(17-8-4-2-5-9-17)18-10-6-3-7-11-18/h2,4-5,8-9,16,18H,3,6-7,10-15H2,1H3,(H,24,30)/t23-/m1/s1. The number of nitrogens with zero attached hydrogens (tertiary/aromatic N) is 2. The average molecular weight is 428 g/mol. The summed E-state index contributed by atoms with van der Waals surface area (Å²) >= 11 is 0. The first-order chi connectivity index (χ1) is 14.9. The average Bonchev–Trinajstić information content (AvgIpc) is 3.60. The van der Waals surface area contributed by atoms with Gasteiger partial charge in [0.15, 0.2) is 6.61 Å². The number of para-hydroxylation sites is 1. The van der Waals surface area contributed by atoms with Crippen molar-refractivity contribution in [1.29, 1.82) is 0 Å². The number of carbonyl (C=O) groups excluding carboxylic acids is 4. The lowest BCUT2D eigenvalue weighted by molar-refractivity contribution is -0.150. The number of imide groups is 1. The van der Waals surface area contributed by atoms with Gasteiger partial charge in [-0.05, 0) is 50.7 Å². The predicted molar refractivity (Wildman–Crippen MR) is 113 cm³/mol. The molecule has 8 nitrogen and oxygen atoms in total. The van der Waals surface area contributed by atoms with Gasteiger partial charge in [0.25, 0.3) is 11.8 Å². The minimum atomic E-state index is -0.946. The van der Waals surface area contributed by atoms with E-state index in [1.807, 2.05) is 30.3 Å². The van der Waals surface area contributed by atoms with Gasteiger partial charge in [-0.1, -0.05) is 37.5 Å². The second-order valence-corrected chi connectivity index (χ2v) is 8.85. The lowest BCUT2D eigenvalue weighted by Gasteiger charge is -2.34. The zero-order valence-corrected chi connectivity index (χ0v) is 17.8. The van der Waals surface area contributed by atoms with Gasteiger partial charge in [-0.3, -0.25) is 19.3 Å². The van der Waals surface area contributed by atoms with Gasteiger partial charge >= 0.3 is 12.0 Å². The van der Waals surface area contributed by atoms with E-state index in [2.05, 4.69) is 5.32 Å². The van der Waals surface area contributed by atoms with Crippen LogP contribution in [0.5, 0.6) is 0 Å². The minimum Gasteiger partial charge on any atom is -0.454 e. The quantitative estimate of drug-likeness (QED) is 0.533. The molecule has 1 atom stereocenters. The molecule has 0 spiro atoms. The zero-order chi connectivity index (χ0) is 22.0. The van der Waals surface area contributed by atoms with E-state index in [9.17, 15) is 19.2 Å². The molecule has 31 heavy (non-hydrogen) atoms. The first kappa shape index (κ1) is 21.3. The number of rotatable bonds is 7. The number of carbonyl (C=O) groups is 4. The van der Waals surface area contributed by atoms with Crippen molar-refractivity contribution < 1.29 is 23.9 Å². The molecule has 1 N–H and O–H groups in total. The molecule has 0 radical (unpaired) electrons. The topological polar surface area (TPSA) is 96.0 Å². The fourth-order valence-electron chi connectivity index (χ4n) is 4.67. The molecule has 2 aliphatic carbocycles. The van der Waals surface area contributed by atoms with Crippen molar-refractivity contribution in [1.82, 2.24) is 10.2 Å². The summed E-state index contributed by atoms with van der Waals surface area (Å²) in [4.78, 5) is 52.8. The van der Waals surface area contributed by atoms with E-state index < -0.39 is 36.6 Å². The van der Waals surface area contributed by atoms with E-state index in [1.54, 1.807) is 11.8 Å². The summed E-state index contributed by atoms with van der Waals surface area (Å²) in [6.07, 6.45) is 6.87. The third kappa shape index (κ3) is 4.43. The predicted octanol–water partition coefficient (Wildman–Crippen LogP) is 2.62. The van der Waals surface area contributed by atoms with E-state index in [0.717, 1.165) is 55.5 Å². The normalized spacial score (nSPS) is 24.1. The second kappa shape index (κ2) is 8.69. The van der Waals surface area contributed by atoms with Crippen LogP contribution in [-0.2, 0) is 19.1 Å². The number of anilines is 1. The second-order valence-electron chi connectivity index (χ2n) is 8.85. The molecular formula is C23H29N3O5. The summed E-state index contributed by atoms with van der Waals surface area (Å²) in [7, 11) is 0. The molecule has 8 heteroatoms. The fourth-order valence-corrected chi connectivity index (χ4v) is 4.67. The maximum Gasteiger partial charge on any atom is 0.326 e. The van der Waals surface area contributed by atoms with Gasteiger partial charge in [-0.15, -0.1) is 0 Å². The van der Waals surface area contributed by atoms with Gasteiger partial charge in [-0.25, -0.2) is 4.79 Å². The summed E-state index contributed by atoms with van der Waals surface area (Å²) in [5, 5.41) is 2.70. The zero-order valence-electron chi connectivity index (χ0n) is 17.8. The van der Waals surface area contributed by atoms with Crippen LogP contribution in [0.1, 0.15) is 51.9 Å². The minimum absolute atomic E-state index is 0.0764. The lowest BCUT2D eigenvalue weighted by Crippen LogP contribution is -2.46. The third-order valence-electron chi connectivity index (χ3n) is 6.58. The lowest BCUT2D eigenvalue weighted by atomic mass is 9.93. The Kier molecular flexibility index (Phi) is 5.98. The molecular weight excluding hydrogens is 398 g/mol. The van der Waals surface area contributed by atoms with Gasteiger partial charge in [0.1, 0.15) is 12.1 Å². The smallest absolute Gasteiger partial charge is 0.326 e. The van der Waals surface area contributed by atoms with E-state index in [4.69, 9.17) is 4.74 Å². The Morgan fingerprint density at radius 1 is 1.10 bits per heavy atom. The molecule has 3 fully saturated rings. The van der Waals surface area contributed by atoms with Crippen molar-refractivity contribution in [2.75, 3.05) is 18.1 Å².